The van der Waals surface area contributed by atoms with Crippen molar-refractivity contribution in [1.29, 1.82) is 0 Å². The summed E-state index contributed by atoms with van der Waals surface area (Å²) in [7, 11) is 0. The molecule has 6 nitrogen and oxygen atoms in total. The van der Waals surface area contributed by atoms with Crippen molar-refractivity contribution in [3.05, 3.63) is 35.4 Å². The SMILES string of the molecule is O=C(CC1(N2CCOCC2)CCCC1)NCCNC(=O)c1c(F)cccc1F. The fraction of sp³-hybridized carbons (Fsp3) is 0.600. The molecule has 1 aromatic carbocycles. The van der Waals surface area contributed by atoms with Gasteiger partial charge < -0.3 is 15.4 Å². The van der Waals surface area contributed by atoms with E-state index in [1.165, 1.54) is 6.07 Å². The van der Waals surface area contributed by atoms with Crippen molar-refractivity contribution in [3.63, 3.8) is 0 Å². The molecule has 0 atom stereocenters. The summed E-state index contributed by atoms with van der Waals surface area (Å²) in [6, 6.07) is 3.27. The van der Waals surface area contributed by atoms with E-state index >= 15 is 0 Å². The molecule has 0 unspecified atom stereocenters. The molecule has 0 bridgehead atoms. The van der Waals surface area contributed by atoms with Crippen molar-refractivity contribution >= 4 is 11.8 Å². The van der Waals surface area contributed by atoms with Crippen LogP contribution in [-0.2, 0) is 9.53 Å². The minimum absolute atomic E-state index is 0.0697. The summed E-state index contributed by atoms with van der Waals surface area (Å²) in [5.41, 5.74) is -0.709. The Bertz CT molecular complexity index is 682. The minimum atomic E-state index is -0.907. The molecule has 154 valence electrons. The monoisotopic (exact) mass is 395 g/mol. The van der Waals surface area contributed by atoms with Gasteiger partial charge in [0.1, 0.15) is 17.2 Å². The molecular weight excluding hydrogens is 368 g/mol. The van der Waals surface area contributed by atoms with Crippen LogP contribution in [0.4, 0.5) is 8.78 Å². The van der Waals surface area contributed by atoms with E-state index in [2.05, 4.69) is 15.5 Å². The van der Waals surface area contributed by atoms with Gasteiger partial charge in [0.15, 0.2) is 0 Å². The molecule has 1 saturated heterocycles. The molecule has 28 heavy (non-hydrogen) atoms. The number of rotatable bonds is 7. The van der Waals surface area contributed by atoms with E-state index in [1.54, 1.807) is 0 Å². The summed E-state index contributed by atoms with van der Waals surface area (Å²) in [5, 5.41) is 5.25. The van der Waals surface area contributed by atoms with Gasteiger partial charge in [0.2, 0.25) is 5.91 Å². The first-order chi connectivity index (χ1) is 13.5. The highest BCUT2D eigenvalue weighted by Gasteiger charge is 2.41. The number of amides is 2. The van der Waals surface area contributed by atoms with Crippen LogP contribution in [0.1, 0.15) is 42.5 Å². The van der Waals surface area contributed by atoms with E-state index in [-0.39, 0.29) is 24.5 Å². The molecule has 2 aliphatic rings. The topological polar surface area (TPSA) is 70.7 Å². The van der Waals surface area contributed by atoms with E-state index in [0.717, 1.165) is 50.9 Å². The third kappa shape index (κ3) is 4.86. The predicted octanol–water partition coefficient (Wildman–Crippen LogP) is 1.85. The Morgan fingerprint density at radius 2 is 1.64 bits per heavy atom. The standard InChI is InChI=1S/C20H27F2N3O3/c21-15-4-3-5-16(22)18(15)19(27)24-9-8-23-17(26)14-20(6-1-2-7-20)25-10-12-28-13-11-25/h3-5H,1-2,6-14H2,(H,23,26)(H,24,27). The minimum Gasteiger partial charge on any atom is -0.379 e. The Morgan fingerprint density at radius 1 is 1.04 bits per heavy atom. The number of benzene rings is 1. The molecule has 0 aromatic heterocycles. The first-order valence-electron chi connectivity index (χ1n) is 9.83. The van der Waals surface area contributed by atoms with Crippen LogP contribution in [0, 0.1) is 11.6 Å². The average Bonchev–Trinajstić information content (AvgIpc) is 3.15. The van der Waals surface area contributed by atoms with Gasteiger partial charge in [-0.15, -0.1) is 0 Å². The highest BCUT2D eigenvalue weighted by atomic mass is 19.1. The normalized spacial score (nSPS) is 19.4. The second-order valence-electron chi connectivity index (χ2n) is 7.41. The zero-order valence-corrected chi connectivity index (χ0v) is 15.9. The molecule has 3 rings (SSSR count). The van der Waals surface area contributed by atoms with Crippen LogP contribution >= 0.6 is 0 Å². The highest BCUT2D eigenvalue weighted by Crippen LogP contribution is 2.38. The number of nitrogens with one attached hydrogen (secondary N) is 2. The first-order valence-corrected chi connectivity index (χ1v) is 9.83. The lowest BCUT2D eigenvalue weighted by molar-refractivity contribution is -0.125. The zero-order valence-electron chi connectivity index (χ0n) is 15.9. The van der Waals surface area contributed by atoms with Gasteiger partial charge in [0.05, 0.1) is 13.2 Å². The van der Waals surface area contributed by atoms with Crippen LogP contribution in [-0.4, -0.2) is 61.6 Å². The molecule has 2 N–H and O–H groups in total. The predicted molar refractivity (Wildman–Crippen MR) is 99.9 cm³/mol. The molecule has 0 radical (unpaired) electrons. The highest BCUT2D eigenvalue weighted by molar-refractivity contribution is 5.94. The maximum atomic E-state index is 13.6. The second kappa shape index (κ2) is 9.43. The van der Waals surface area contributed by atoms with Crippen molar-refractivity contribution in [1.82, 2.24) is 15.5 Å². The van der Waals surface area contributed by atoms with E-state index in [1.807, 2.05) is 0 Å². The lowest BCUT2D eigenvalue weighted by Gasteiger charge is -2.43. The summed E-state index contributed by atoms with van der Waals surface area (Å²) < 4.78 is 32.6. The number of morpholine rings is 1. The van der Waals surface area contributed by atoms with Crippen molar-refractivity contribution in [2.45, 2.75) is 37.6 Å². The Kier molecular flexibility index (Phi) is 6.96. The van der Waals surface area contributed by atoms with Crippen LogP contribution in [0.15, 0.2) is 18.2 Å². The Labute approximate surface area is 163 Å². The number of nitrogens with zero attached hydrogens (tertiary/aromatic N) is 1. The molecule has 1 aromatic rings. The fourth-order valence-corrected chi connectivity index (χ4v) is 4.22. The summed E-state index contributed by atoms with van der Waals surface area (Å²) in [6.45, 7) is 3.39. The van der Waals surface area contributed by atoms with Crippen molar-refractivity contribution < 1.29 is 23.1 Å². The number of halogens is 2. The van der Waals surface area contributed by atoms with Gasteiger partial charge in [0.25, 0.3) is 5.91 Å². The molecular formula is C20H27F2N3O3. The maximum absolute atomic E-state index is 13.6. The van der Waals surface area contributed by atoms with Crippen LogP contribution < -0.4 is 10.6 Å². The number of ether oxygens (including phenoxy) is 1. The van der Waals surface area contributed by atoms with E-state index in [0.29, 0.717) is 19.6 Å². The van der Waals surface area contributed by atoms with Gasteiger partial charge in [-0.3, -0.25) is 14.5 Å². The quantitative estimate of drug-likeness (QED) is 0.692. The number of hydrogen-bond donors (Lipinski definition) is 2. The van der Waals surface area contributed by atoms with Gasteiger partial charge in [-0.25, -0.2) is 8.78 Å². The lowest BCUT2D eigenvalue weighted by Crippen LogP contribution is -2.54. The third-order valence-electron chi connectivity index (χ3n) is 5.63. The Balaban J connectivity index is 1.45. The van der Waals surface area contributed by atoms with Gasteiger partial charge in [-0.2, -0.15) is 0 Å². The van der Waals surface area contributed by atoms with E-state index in [4.69, 9.17) is 4.74 Å². The van der Waals surface area contributed by atoms with Crippen molar-refractivity contribution in [2.75, 3.05) is 39.4 Å². The molecule has 1 aliphatic carbocycles. The summed E-state index contributed by atoms with van der Waals surface area (Å²) in [5.74, 6) is -2.71. The number of carbonyl (C=O) groups excluding carboxylic acids is 2. The van der Waals surface area contributed by atoms with Crippen LogP contribution in [0.2, 0.25) is 0 Å². The van der Waals surface area contributed by atoms with E-state index < -0.39 is 23.1 Å². The van der Waals surface area contributed by atoms with Crippen LogP contribution in [0.5, 0.6) is 0 Å². The van der Waals surface area contributed by atoms with Gasteiger partial charge in [0, 0.05) is 38.1 Å². The van der Waals surface area contributed by atoms with Gasteiger partial charge in [-0.1, -0.05) is 18.9 Å². The van der Waals surface area contributed by atoms with Crippen molar-refractivity contribution in [2.24, 2.45) is 0 Å². The summed E-state index contributed by atoms with van der Waals surface area (Å²) in [6.07, 6.45) is 4.67. The van der Waals surface area contributed by atoms with E-state index in [9.17, 15) is 18.4 Å². The van der Waals surface area contributed by atoms with Crippen LogP contribution in [0.25, 0.3) is 0 Å². The molecule has 2 amide bonds. The van der Waals surface area contributed by atoms with Gasteiger partial charge in [-0.05, 0) is 25.0 Å². The zero-order chi connectivity index (χ0) is 20.0. The largest absolute Gasteiger partial charge is 0.379 e. The smallest absolute Gasteiger partial charge is 0.257 e. The average molecular weight is 395 g/mol. The molecule has 0 spiro atoms. The molecule has 1 heterocycles. The summed E-state index contributed by atoms with van der Waals surface area (Å²) in [4.78, 5) is 26.8. The summed E-state index contributed by atoms with van der Waals surface area (Å²) >= 11 is 0. The Hall–Kier alpha value is -2.06. The maximum Gasteiger partial charge on any atom is 0.257 e. The third-order valence-corrected chi connectivity index (χ3v) is 5.63. The lowest BCUT2D eigenvalue weighted by atomic mass is 9.90. The number of hydrogen-bond acceptors (Lipinski definition) is 4. The van der Waals surface area contributed by atoms with Gasteiger partial charge >= 0.3 is 0 Å². The molecule has 1 aliphatic heterocycles. The Morgan fingerprint density at radius 3 is 2.29 bits per heavy atom. The van der Waals surface area contributed by atoms with Crippen LogP contribution in [0.3, 0.4) is 0 Å². The molecule has 8 heteroatoms. The molecule has 1 saturated carbocycles. The number of carbonyl (C=O) groups is 2. The second-order valence-corrected chi connectivity index (χ2v) is 7.41. The van der Waals surface area contributed by atoms with Crippen molar-refractivity contribution in [3.8, 4) is 0 Å². The fourth-order valence-electron chi connectivity index (χ4n) is 4.22. The first kappa shape index (κ1) is 20.7. The molecule has 2 fully saturated rings.